The Morgan fingerprint density at radius 1 is 0.328 bits per heavy atom. The van der Waals surface area contributed by atoms with Crippen LogP contribution in [0.1, 0.15) is 296 Å². The lowest BCUT2D eigenvalue weighted by Crippen LogP contribution is -2.66. The number of piperidine rings is 4. The smallest absolute Gasteiger partial charge is 0.334 e. The molecule has 4 bridgehead atoms. The van der Waals surface area contributed by atoms with Gasteiger partial charge >= 0.3 is 23.9 Å². The lowest BCUT2D eigenvalue weighted by Gasteiger charge is -2.57. The van der Waals surface area contributed by atoms with Crippen molar-refractivity contribution in [2.75, 3.05) is 164 Å². The number of hydroxylamine groups is 2. The molecule has 2 aromatic heterocycles. The number of hydrogen-bond acceptors (Lipinski definition) is 29. The van der Waals surface area contributed by atoms with E-state index in [-0.39, 0.29) is 112 Å². The Bertz CT molecular complexity index is 3470. The van der Waals surface area contributed by atoms with Crippen LogP contribution in [0, 0.1) is 10.8 Å². The van der Waals surface area contributed by atoms with Crippen molar-refractivity contribution >= 4 is 59.6 Å². The number of ether oxygens (including phenoxy) is 8. The molecule has 0 aliphatic carbocycles. The lowest BCUT2D eigenvalue weighted by atomic mass is 9.76. The normalized spacial score (nSPS) is 22.0. The highest BCUT2D eigenvalue weighted by Gasteiger charge is 2.54. The molecule has 4 saturated heterocycles. The van der Waals surface area contributed by atoms with Crippen LogP contribution in [0.2, 0.25) is 0 Å². The zero-order valence-corrected chi connectivity index (χ0v) is 79.9. The van der Waals surface area contributed by atoms with Gasteiger partial charge in [0, 0.05) is 134 Å². The molecule has 5 aliphatic heterocycles. The third-order valence-corrected chi connectivity index (χ3v) is 24.7. The molecule has 2 N–H and O–H groups in total. The van der Waals surface area contributed by atoms with E-state index in [1.165, 1.54) is 0 Å². The molecule has 0 saturated carbocycles. The van der Waals surface area contributed by atoms with Gasteiger partial charge in [0.1, 0.15) is 26.4 Å². The Morgan fingerprint density at radius 3 is 0.782 bits per heavy atom. The van der Waals surface area contributed by atoms with Crippen molar-refractivity contribution in [1.29, 1.82) is 0 Å². The summed E-state index contributed by atoms with van der Waals surface area (Å²) < 4.78 is 43.9. The predicted octanol–water partition coefficient (Wildman–Crippen LogP) is 14.1. The number of nitrogens with one attached hydrogen (secondary N) is 2. The quantitative estimate of drug-likeness (QED) is 0.0403. The fraction of sp³-hybridized carbons (Fsp3) is 0.889. The van der Waals surface area contributed by atoms with Gasteiger partial charge < -0.3 is 68.1 Å². The number of methoxy groups -OCH3 is 4. The molecule has 2 aromatic rings. The van der Waals surface area contributed by atoms with Crippen LogP contribution in [0.3, 0.4) is 0 Å². The minimum atomic E-state index is -0.592. The number of aromatic nitrogens is 6. The molecule has 7 rings (SSSR count). The van der Waals surface area contributed by atoms with Crippen LogP contribution in [0.5, 0.6) is 0 Å². The van der Waals surface area contributed by atoms with E-state index in [2.05, 4.69) is 225 Å². The number of carbonyl (C=O) groups is 4. The highest BCUT2D eigenvalue weighted by atomic mass is 16.7. The number of anilines is 6. The summed E-state index contributed by atoms with van der Waals surface area (Å²) in [5.41, 5.74) is -5.01. The molecule has 0 unspecified atom stereocenters. The van der Waals surface area contributed by atoms with Gasteiger partial charge in [-0.25, -0.2) is 4.79 Å². The number of hydrogen-bond donors (Lipinski definition) is 2. The van der Waals surface area contributed by atoms with E-state index in [9.17, 15) is 19.2 Å². The molecule has 7 heterocycles. The largest absolute Gasteiger partial charge is 0.462 e. The molecule has 0 atom stereocenters. The third-order valence-electron chi connectivity index (χ3n) is 24.7. The Morgan fingerprint density at radius 2 is 0.555 bits per heavy atom. The summed E-state index contributed by atoms with van der Waals surface area (Å²) in [5, 5.41) is 9.88. The van der Waals surface area contributed by atoms with Gasteiger partial charge in [0.05, 0.1) is 46.1 Å². The maximum atomic E-state index is 13.8. The Kier molecular flexibility index (Phi) is 35.0. The molecule has 119 heavy (non-hydrogen) atoms. The average Bonchev–Trinajstić information content (AvgIpc) is 0.761. The van der Waals surface area contributed by atoms with Crippen LogP contribution in [-0.4, -0.2) is 287 Å². The maximum absolute atomic E-state index is 13.8. The maximum Gasteiger partial charge on any atom is 0.334 e. The van der Waals surface area contributed by atoms with Gasteiger partial charge in [-0.05, 0) is 239 Å². The second-order valence-electron chi connectivity index (χ2n) is 43.5. The molecule has 682 valence electrons. The summed E-state index contributed by atoms with van der Waals surface area (Å²) in [6.07, 6.45) is 14.0. The fourth-order valence-electron chi connectivity index (χ4n) is 21.5. The van der Waals surface area contributed by atoms with E-state index in [0.717, 1.165) is 64.2 Å². The predicted molar refractivity (Wildman–Crippen MR) is 473 cm³/mol. The minimum absolute atomic E-state index is 0.0341. The SMILES string of the molecule is COCCOC(=O)CON1C(C)(C)CC(N2CCCCCCN(C3CC(C)(C)N(CC(=O)OCCOC)C(C)(C)C3)c3nc(NC(C)(C)CC(C)(C)C)nc(n3)N(C3CC(C)(C)N(CC(=O)OCCOC)C(C)(C)C3)CCCCCCN(C3CC(C)(C)N(CC(=O)OCCOC)C(C)(C)C3)c3nc(NC(C)(C)CC(C)(C)C)nc2n3)CC1(C)C. The average molecular weight is 1680 g/mol. The molecule has 0 spiro atoms. The van der Waals surface area contributed by atoms with E-state index < -0.39 is 61.4 Å². The van der Waals surface area contributed by atoms with Crippen LogP contribution in [0.15, 0.2) is 0 Å². The van der Waals surface area contributed by atoms with E-state index in [1.807, 2.05) is 5.06 Å². The Hall–Kier alpha value is -5.66. The number of rotatable bonds is 31. The molecule has 29 nitrogen and oxygen atoms in total. The molecule has 0 aromatic carbocycles. The fourth-order valence-corrected chi connectivity index (χ4v) is 21.5. The van der Waals surface area contributed by atoms with E-state index in [0.29, 0.717) is 133 Å². The highest BCUT2D eigenvalue weighted by molar-refractivity contribution is 5.73. The van der Waals surface area contributed by atoms with Gasteiger partial charge in [-0.15, -0.1) is 0 Å². The minimum Gasteiger partial charge on any atom is -0.462 e. The number of esters is 4. The van der Waals surface area contributed by atoms with Crippen LogP contribution in [0.25, 0.3) is 0 Å². The van der Waals surface area contributed by atoms with Gasteiger partial charge in [0.2, 0.25) is 35.7 Å². The second kappa shape index (κ2) is 41.4. The van der Waals surface area contributed by atoms with Crippen molar-refractivity contribution in [1.82, 2.24) is 49.7 Å². The first-order valence-corrected chi connectivity index (χ1v) is 44.6. The molecule has 0 radical (unpaired) electrons. The van der Waals surface area contributed by atoms with Crippen molar-refractivity contribution in [3.8, 4) is 0 Å². The number of fused-ring (bicyclic) bond motifs is 4. The number of carbonyl (C=O) groups excluding carboxylic acids is 4. The van der Waals surface area contributed by atoms with Crippen molar-refractivity contribution in [3.63, 3.8) is 0 Å². The summed E-state index contributed by atoms with van der Waals surface area (Å²) in [6.45, 7) is 63.1. The van der Waals surface area contributed by atoms with Crippen LogP contribution in [0.4, 0.5) is 35.7 Å². The first kappa shape index (κ1) is 100. The summed E-state index contributed by atoms with van der Waals surface area (Å²) in [4.78, 5) is 112. The van der Waals surface area contributed by atoms with Crippen molar-refractivity contribution in [2.24, 2.45) is 10.8 Å². The van der Waals surface area contributed by atoms with E-state index in [4.69, 9.17) is 72.6 Å². The van der Waals surface area contributed by atoms with Crippen LogP contribution >= 0.6 is 0 Å². The van der Waals surface area contributed by atoms with Gasteiger partial charge in [-0.1, -0.05) is 67.2 Å². The monoisotopic (exact) mass is 1680 g/mol. The van der Waals surface area contributed by atoms with Crippen molar-refractivity contribution < 1.29 is 61.9 Å². The first-order valence-electron chi connectivity index (χ1n) is 44.6. The van der Waals surface area contributed by atoms with E-state index >= 15 is 0 Å². The van der Waals surface area contributed by atoms with Gasteiger partial charge in [0.25, 0.3) is 0 Å². The molecular formula is C90H164N16O13. The first-order chi connectivity index (χ1) is 55.1. The molecule has 29 heteroatoms. The van der Waals surface area contributed by atoms with Crippen molar-refractivity contribution in [3.05, 3.63) is 0 Å². The van der Waals surface area contributed by atoms with Crippen LogP contribution < -0.4 is 30.2 Å². The number of likely N-dealkylation sites (tertiary alicyclic amines) is 3. The Balaban J connectivity index is 1.44. The molecule has 5 aliphatic rings. The number of nitrogens with zero attached hydrogens (tertiary/aromatic N) is 14. The summed E-state index contributed by atoms with van der Waals surface area (Å²) in [7, 11) is 6.41. The van der Waals surface area contributed by atoms with Crippen LogP contribution in [-0.2, 0) is 61.9 Å². The Labute approximate surface area is 717 Å². The van der Waals surface area contributed by atoms with Gasteiger partial charge in [-0.3, -0.25) is 33.9 Å². The molecular weight excluding hydrogens is 1510 g/mol. The molecule has 4 fully saturated rings. The second-order valence-corrected chi connectivity index (χ2v) is 43.5. The molecule has 0 amide bonds. The summed E-state index contributed by atoms with van der Waals surface area (Å²) >= 11 is 0. The summed E-state index contributed by atoms with van der Waals surface area (Å²) in [5.74, 6) is 2.17. The topological polar surface area (TPSA) is 279 Å². The zero-order chi connectivity index (χ0) is 88.8. The zero-order valence-electron chi connectivity index (χ0n) is 79.9. The lowest BCUT2D eigenvalue weighted by molar-refractivity contribution is -0.282. The third kappa shape index (κ3) is 29.5. The highest BCUT2D eigenvalue weighted by Crippen LogP contribution is 2.48. The van der Waals surface area contributed by atoms with Crippen molar-refractivity contribution in [2.45, 2.75) is 375 Å². The van der Waals surface area contributed by atoms with Gasteiger partial charge in [-0.2, -0.15) is 35.0 Å². The standard InChI is InChI=1S/C90H164N16O13/c1-79(2,3)63-81(7,8)97-73-91-75-95-76(92-73)100(66-53-85(15,16)104(86(17,18)54-66)60-70(108)116-48-44-112-28)40-37-33-34-38-42-102(68-57-89(23,24)106(90(25,26)58-68)119-62-72(110)118-50-46-114-30)78-94-74(98-82(9,10)64-80(4,5)6)93-77(96-78)101(67-55-87(19,20)105(88(21,22)56-67)61-71(109)117-49-45-113-29)41-36-32-31-35-39-99(75)65-51-83(11,12)103(84(13,14)52-65)59-69(107)115-47-43-111-27/h65-68H,31-64H2,1-30H3,(H,91,92,95,97)(H,93,94,96,98). The van der Waals surface area contributed by atoms with E-state index in [1.54, 1.807) is 28.4 Å². The van der Waals surface area contributed by atoms with Gasteiger partial charge in [0.15, 0.2) is 6.61 Å². The summed E-state index contributed by atoms with van der Waals surface area (Å²) in [6, 6.07) is -0.304.